The summed E-state index contributed by atoms with van der Waals surface area (Å²) in [5, 5.41) is 1.91. The van der Waals surface area contributed by atoms with E-state index in [0.717, 1.165) is 54.8 Å². The van der Waals surface area contributed by atoms with Crippen LogP contribution in [0.15, 0.2) is 34.5 Å². The second-order valence-electron chi connectivity index (χ2n) is 9.08. The van der Waals surface area contributed by atoms with E-state index in [1.807, 2.05) is 17.5 Å². The van der Waals surface area contributed by atoms with Crippen LogP contribution in [0, 0.1) is 5.92 Å². The number of carbonyl (C=O) groups is 1. The summed E-state index contributed by atoms with van der Waals surface area (Å²) in [7, 11) is 0. The van der Waals surface area contributed by atoms with Gasteiger partial charge in [-0.15, -0.1) is 11.3 Å². The largest absolute Gasteiger partial charge is 0.333 e. The Balaban J connectivity index is 1.28. The topological polar surface area (TPSA) is 69.3 Å². The molecular formula is C24H30N4O2S. The van der Waals surface area contributed by atoms with Gasteiger partial charge in [-0.1, -0.05) is 18.2 Å². The third-order valence-corrected chi connectivity index (χ3v) is 7.75. The molecule has 2 aromatic heterocycles. The van der Waals surface area contributed by atoms with Gasteiger partial charge in [-0.25, -0.2) is 4.98 Å². The van der Waals surface area contributed by atoms with E-state index in [1.54, 1.807) is 4.90 Å². The van der Waals surface area contributed by atoms with Gasteiger partial charge in [0.2, 0.25) is 0 Å². The van der Waals surface area contributed by atoms with E-state index >= 15 is 0 Å². The zero-order valence-electron chi connectivity index (χ0n) is 17.9. The molecule has 7 heteroatoms. The van der Waals surface area contributed by atoms with E-state index in [9.17, 15) is 9.59 Å². The predicted octanol–water partition coefficient (Wildman–Crippen LogP) is 3.57. The van der Waals surface area contributed by atoms with E-state index in [2.05, 4.69) is 22.0 Å². The molecular weight excluding hydrogens is 408 g/mol. The van der Waals surface area contributed by atoms with Gasteiger partial charge in [0.15, 0.2) is 0 Å². The molecule has 4 heterocycles. The number of rotatable bonds is 4. The van der Waals surface area contributed by atoms with Crippen LogP contribution in [0.25, 0.3) is 0 Å². The summed E-state index contributed by atoms with van der Waals surface area (Å²) in [4.78, 5) is 38.7. The van der Waals surface area contributed by atoms with Crippen molar-refractivity contribution in [2.75, 3.05) is 26.2 Å². The Morgan fingerprint density at radius 1 is 1.26 bits per heavy atom. The molecule has 2 aliphatic heterocycles. The molecule has 1 fully saturated rings. The van der Waals surface area contributed by atoms with Crippen molar-refractivity contribution in [3.05, 3.63) is 62.0 Å². The second kappa shape index (κ2) is 9.09. The van der Waals surface area contributed by atoms with E-state index in [0.29, 0.717) is 25.1 Å². The van der Waals surface area contributed by atoms with Crippen molar-refractivity contribution in [3.8, 4) is 0 Å². The first-order chi connectivity index (χ1) is 15.2. The summed E-state index contributed by atoms with van der Waals surface area (Å²) >= 11 is 1.44. The minimum atomic E-state index is -0.0711. The van der Waals surface area contributed by atoms with Gasteiger partial charge in [-0.3, -0.25) is 9.59 Å². The van der Waals surface area contributed by atoms with Crippen LogP contribution in [0.2, 0.25) is 0 Å². The molecule has 2 unspecified atom stereocenters. The monoisotopic (exact) mass is 438 g/mol. The van der Waals surface area contributed by atoms with Gasteiger partial charge >= 0.3 is 0 Å². The molecule has 2 atom stereocenters. The number of hydrogen-bond acceptors (Lipinski definition) is 5. The first-order valence-corrected chi connectivity index (χ1v) is 12.4. The lowest BCUT2D eigenvalue weighted by Gasteiger charge is -2.35. The Hall–Kier alpha value is -2.25. The Kier molecular flexibility index (Phi) is 6.05. The molecule has 2 aromatic rings. The fourth-order valence-corrected chi connectivity index (χ4v) is 5.89. The molecule has 0 radical (unpaired) electrons. The standard InChI is InChI=1S/C24H30N4O2S/c29-23-19-16-28(24(30)21-9-5-13-31-21)12-10-20(19)25-22(26-23)18-8-4-11-27(15-18)14-17-6-2-1-3-7-17/h1-2,5,9,13,17-18H,3-4,6-8,10-12,14-16H2,(H,25,26,29). The summed E-state index contributed by atoms with van der Waals surface area (Å²) in [5.41, 5.74) is 1.46. The highest BCUT2D eigenvalue weighted by Crippen LogP contribution is 2.28. The number of aromatic nitrogens is 2. The Labute approximate surface area is 187 Å². The number of aromatic amines is 1. The summed E-state index contributed by atoms with van der Waals surface area (Å²) in [6.45, 7) is 4.23. The van der Waals surface area contributed by atoms with Crippen LogP contribution in [0.1, 0.15) is 64.8 Å². The highest BCUT2D eigenvalue weighted by Gasteiger charge is 2.29. The minimum Gasteiger partial charge on any atom is -0.333 e. The van der Waals surface area contributed by atoms with Crippen molar-refractivity contribution in [2.45, 2.75) is 51.0 Å². The van der Waals surface area contributed by atoms with Gasteiger partial charge in [-0.05, 0) is 56.0 Å². The third kappa shape index (κ3) is 4.53. The highest BCUT2D eigenvalue weighted by atomic mass is 32.1. The number of allylic oxidation sites excluding steroid dienone is 2. The van der Waals surface area contributed by atoms with E-state index < -0.39 is 0 Å². The number of fused-ring (bicyclic) bond motifs is 1. The number of piperidine rings is 1. The van der Waals surface area contributed by atoms with Crippen molar-refractivity contribution >= 4 is 17.2 Å². The van der Waals surface area contributed by atoms with Gasteiger partial charge in [0.25, 0.3) is 11.5 Å². The molecule has 5 rings (SSSR count). The number of carbonyl (C=O) groups excluding carboxylic acids is 1. The third-order valence-electron chi connectivity index (χ3n) is 6.89. The Bertz CT molecular complexity index is 1010. The Morgan fingerprint density at radius 2 is 2.19 bits per heavy atom. The van der Waals surface area contributed by atoms with Gasteiger partial charge in [0, 0.05) is 32.0 Å². The van der Waals surface area contributed by atoms with Gasteiger partial charge < -0.3 is 14.8 Å². The normalized spacial score (nSPS) is 24.2. The predicted molar refractivity (Wildman–Crippen MR) is 123 cm³/mol. The summed E-state index contributed by atoms with van der Waals surface area (Å²) < 4.78 is 0. The smallest absolute Gasteiger partial charge is 0.264 e. The number of amides is 1. The number of H-pyrrole nitrogens is 1. The molecule has 3 aliphatic rings. The maximum atomic E-state index is 12.9. The van der Waals surface area contributed by atoms with Gasteiger partial charge in [0.1, 0.15) is 5.82 Å². The van der Waals surface area contributed by atoms with Crippen molar-refractivity contribution in [3.63, 3.8) is 0 Å². The van der Waals surface area contributed by atoms with Crippen molar-refractivity contribution < 1.29 is 4.79 Å². The molecule has 1 N–H and O–H groups in total. The van der Waals surface area contributed by atoms with Crippen LogP contribution >= 0.6 is 11.3 Å². The van der Waals surface area contributed by atoms with Crippen molar-refractivity contribution in [1.82, 2.24) is 19.8 Å². The number of likely N-dealkylation sites (tertiary alicyclic amines) is 1. The van der Waals surface area contributed by atoms with Crippen LogP contribution < -0.4 is 5.56 Å². The lowest BCUT2D eigenvalue weighted by molar-refractivity contribution is 0.0737. The van der Waals surface area contributed by atoms with Crippen LogP contribution in [-0.4, -0.2) is 51.9 Å². The molecule has 1 saturated heterocycles. The van der Waals surface area contributed by atoms with E-state index in [1.165, 1.54) is 30.6 Å². The quantitative estimate of drug-likeness (QED) is 0.741. The summed E-state index contributed by atoms with van der Waals surface area (Å²) in [5.74, 6) is 1.89. The molecule has 1 aliphatic carbocycles. The SMILES string of the molecule is O=C(c1cccs1)N1CCc2nc(C3CCCN(CC4CC=CCC4)C3)[nH]c(=O)c2C1. The zero-order chi connectivity index (χ0) is 21.2. The van der Waals surface area contributed by atoms with Crippen LogP contribution in [-0.2, 0) is 13.0 Å². The summed E-state index contributed by atoms with van der Waals surface area (Å²) in [6, 6.07) is 3.72. The molecule has 6 nitrogen and oxygen atoms in total. The van der Waals surface area contributed by atoms with Gasteiger partial charge in [0.05, 0.1) is 22.7 Å². The molecule has 0 saturated carbocycles. The number of nitrogens with zero attached hydrogens (tertiary/aromatic N) is 3. The highest BCUT2D eigenvalue weighted by molar-refractivity contribution is 7.12. The summed E-state index contributed by atoms with van der Waals surface area (Å²) in [6.07, 6.45) is 11.2. The lowest BCUT2D eigenvalue weighted by atomic mass is 9.91. The fraction of sp³-hybridized carbons (Fsp3) is 0.542. The number of hydrogen-bond donors (Lipinski definition) is 1. The zero-order valence-corrected chi connectivity index (χ0v) is 18.7. The van der Waals surface area contributed by atoms with Gasteiger partial charge in [-0.2, -0.15) is 0 Å². The molecule has 1 amide bonds. The molecule has 31 heavy (non-hydrogen) atoms. The van der Waals surface area contributed by atoms with Crippen LogP contribution in [0.4, 0.5) is 0 Å². The second-order valence-corrected chi connectivity index (χ2v) is 10.0. The lowest BCUT2D eigenvalue weighted by Crippen LogP contribution is -2.41. The maximum absolute atomic E-state index is 12.9. The average Bonchev–Trinajstić information content (AvgIpc) is 3.34. The number of thiophene rings is 1. The van der Waals surface area contributed by atoms with Crippen molar-refractivity contribution in [2.24, 2.45) is 5.92 Å². The number of nitrogens with one attached hydrogen (secondary N) is 1. The maximum Gasteiger partial charge on any atom is 0.264 e. The van der Waals surface area contributed by atoms with E-state index in [4.69, 9.17) is 4.98 Å². The van der Waals surface area contributed by atoms with Crippen LogP contribution in [0.3, 0.4) is 0 Å². The molecule has 0 spiro atoms. The first kappa shape index (κ1) is 20.6. The molecule has 0 bridgehead atoms. The van der Waals surface area contributed by atoms with Crippen LogP contribution in [0.5, 0.6) is 0 Å². The molecule has 0 aromatic carbocycles. The minimum absolute atomic E-state index is 0.00427. The Morgan fingerprint density at radius 3 is 3.00 bits per heavy atom. The van der Waals surface area contributed by atoms with Crippen molar-refractivity contribution in [1.29, 1.82) is 0 Å². The molecule has 164 valence electrons. The average molecular weight is 439 g/mol. The first-order valence-electron chi connectivity index (χ1n) is 11.5. The fourth-order valence-electron chi connectivity index (χ4n) is 5.20. The van der Waals surface area contributed by atoms with E-state index in [-0.39, 0.29) is 17.4 Å².